The maximum atomic E-state index is 5.46. The Balaban J connectivity index is 2.74. The average molecular weight is 221 g/mol. The Kier molecular flexibility index (Phi) is 2.82. The summed E-state index contributed by atoms with van der Waals surface area (Å²) in [4.78, 5) is 4.18. The van der Waals surface area contributed by atoms with Crippen LogP contribution in [0.1, 0.15) is 17.8 Å². The average Bonchev–Trinajstić information content (AvgIpc) is 2.34. The minimum absolute atomic E-state index is 0.385. The van der Waals surface area contributed by atoms with Gasteiger partial charge in [0.05, 0.1) is 15.0 Å². The SMILES string of the molecule is CC(CN)c1ncc(Br)s1. The molecule has 1 heterocycles. The van der Waals surface area contributed by atoms with Crippen LogP contribution in [0.2, 0.25) is 0 Å². The topological polar surface area (TPSA) is 38.9 Å². The molecule has 2 N–H and O–H groups in total. The van der Waals surface area contributed by atoms with E-state index >= 15 is 0 Å². The van der Waals surface area contributed by atoms with Crippen molar-refractivity contribution >= 4 is 27.3 Å². The van der Waals surface area contributed by atoms with Gasteiger partial charge in [-0.1, -0.05) is 6.92 Å². The lowest BCUT2D eigenvalue weighted by Gasteiger charge is -2.00. The van der Waals surface area contributed by atoms with Crippen molar-refractivity contribution in [1.82, 2.24) is 4.98 Å². The highest BCUT2D eigenvalue weighted by Gasteiger charge is 2.06. The molecule has 1 rings (SSSR count). The van der Waals surface area contributed by atoms with Crippen molar-refractivity contribution < 1.29 is 0 Å². The van der Waals surface area contributed by atoms with Crippen LogP contribution >= 0.6 is 27.3 Å². The summed E-state index contributed by atoms with van der Waals surface area (Å²) in [5, 5.41) is 1.11. The predicted octanol–water partition coefficient (Wildman–Crippen LogP) is 1.97. The van der Waals surface area contributed by atoms with Crippen LogP contribution in [0.15, 0.2) is 9.98 Å². The molecule has 0 aliphatic rings. The number of nitrogens with zero attached hydrogens (tertiary/aromatic N) is 1. The van der Waals surface area contributed by atoms with Crippen molar-refractivity contribution in [2.45, 2.75) is 12.8 Å². The van der Waals surface area contributed by atoms with Crippen LogP contribution in [0, 0.1) is 0 Å². The molecule has 0 amide bonds. The molecule has 1 atom stereocenters. The summed E-state index contributed by atoms with van der Waals surface area (Å²) in [7, 11) is 0. The largest absolute Gasteiger partial charge is 0.330 e. The summed E-state index contributed by atoms with van der Waals surface area (Å²) in [6.07, 6.45) is 1.81. The minimum atomic E-state index is 0.385. The molecule has 2 nitrogen and oxygen atoms in total. The van der Waals surface area contributed by atoms with Crippen molar-refractivity contribution in [1.29, 1.82) is 0 Å². The van der Waals surface area contributed by atoms with Crippen molar-refractivity contribution in [2.24, 2.45) is 5.73 Å². The Bertz CT molecular complexity index is 211. The van der Waals surface area contributed by atoms with Crippen LogP contribution < -0.4 is 5.73 Å². The fraction of sp³-hybridized carbons (Fsp3) is 0.500. The first kappa shape index (κ1) is 8.17. The normalized spacial score (nSPS) is 13.5. The zero-order valence-corrected chi connectivity index (χ0v) is 8.08. The van der Waals surface area contributed by atoms with Gasteiger partial charge in [0.15, 0.2) is 0 Å². The number of aromatic nitrogens is 1. The fourth-order valence-corrected chi connectivity index (χ4v) is 1.90. The van der Waals surface area contributed by atoms with Crippen molar-refractivity contribution in [3.63, 3.8) is 0 Å². The summed E-state index contributed by atoms with van der Waals surface area (Å²) in [6.45, 7) is 2.74. The van der Waals surface area contributed by atoms with E-state index in [0.29, 0.717) is 12.5 Å². The molecule has 0 saturated heterocycles. The van der Waals surface area contributed by atoms with E-state index in [0.717, 1.165) is 8.79 Å². The van der Waals surface area contributed by atoms with Gasteiger partial charge in [-0.2, -0.15) is 0 Å². The second-order valence-corrected chi connectivity index (χ2v) is 4.58. The molecule has 1 aromatic rings. The number of thiazole rings is 1. The molecular formula is C6H9BrN2S. The maximum Gasteiger partial charge on any atom is 0.0977 e. The highest BCUT2D eigenvalue weighted by atomic mass is 79.9. The van der Waals surface area contributed by atoms with Gasteiger partial charge in [-0.05, 0) is 15.9 Å². The number of rotatable bonds is 2. The van der Waals surface area contributed by atoms with Crippen LogP contribution in [0.3, 0.4) is 0 Å². The van der Waals surface area contributed by atoms with Gasteiger partial charge in [-0.3, -0.25) is 0 Å². The number of hydrogen-bond acceptors (Lipinski definition) is 3. The molecule has 0 bridgehead atoms. The van der Waals surface area contributed by atoms with Crippen LogP contribution in [0.5, 0.6) is 0 Å². The summed E-state index contributed by atoms with van der Waals surface area (Å²) in [5.41, 5.74) is 5.46. The lowest BCUT2D eigenvalue weighted by molar-refractivity contribution is 0.766. The van der Waals surface area contributed by atoms with Crippen molar-refractivity contribution in [3.8, 4) is 0 Å². The van der Waals surface area contributed by atoms with E-state index in [1.165, 1.54) is 0 Å². The van der Waals surface area contributed by atoms with Gasteiger partial charge in [0.2, 0.25) is 0 Å². The first-order valence-corrected chi connectivity index (χ1v) is 4.66. The first-order valence-electron chi connectivity index (χ1n) is 3.05. The Labute approximate surface area is 72.6 Å². The monoisotopic (exact) mass is 220 g/mol. The third kappa shape index (κ3) is 1.78. The molecule has 0 aliphatic carbocycles. The van der Waals surface area contributed by atoms with E-state index in [1.54, 1.807) is 11.3 Å². The highest BCUT2D eigenvalue weighted by molar-refractivity contribution is 9.11. The molecule has 0 radical (unpaired) electrons. The van der Waals surface area contributed by atoms with E-state index in [-0.39, 0.29) is 0 Å². The molecule has 0 fully saturated rings. The van der Waals surface area contributed by atoms with E-state index in [4.69, 9.17) is 5.73 Å². The molecule has 10 heavy (non-hydrogen) atoms. The van der Waals surface area contributed by atoms with Gasteiger partial charge < -0.3 is 5.73 Å². The van der Waals surface area contributed by atoms with Crippen LogP contribution in [-0.2, 0) is 0 Å². The maximum absolute atomic E-state index is 5.46. The molecule has 1 aromatic heterocycles. The molecule has 56 valence electrons. The summed E-state index contributed by atoms with van der Waals surface area (Å²) in [5.74, 6) is 0.385. The predicted molar refractivity (Wildman–Crippen MR) is 47.3 cm³/mol. The van der Waals surface area contributed by atoms with E-state index < -0.39 is 0 Å². The van der Waals surface area contributed by atoms with Crippen LogP contribution in [0.25, 0.3) is 0 Å². The molecule has 1 unspecified atom stereocenters. The summed E-state index contributed by atoms with van der Waals surface area (Å²) < 4.78 is 1.07. The summed E-state index contributed by atoms with van der Waals surface area (Å²) >= 11 is 4.99. The molecule has 0 saturated carbocycles. The van der Waals surface area contributed by atoms with Crippen LogP contribution in [-0.4, -0.2) is 11.5 Å². The molecule has 0 spiro atoms. The van der Waals surface area contributed by atoms with Gasteiger partial charge in [0, 0.05) is 12.5 Å². The first-order chi connectivity index (χ1) is 4.74. The molecule has 0 aromatic carbocycles. The number of halogens is 1. The van der Waals surface area contributed by atoms with Gasteiger partial charge in [-0.15, -0.1) is 11.3 Å². The lowest BCUT2D eigenvalue weighted by atomic mass is 10.2. The lowest BCUT2D eigenvalue weighted by Crippen LogP contribution is -2.08. The highest BCUT2D eigenvalue weighted by Crippen LogP contribution is 2.24. The quantitative estimate of drug-likeness (QED) is 0.829. The van der Waals surface area contributed by atoms with E-state index in [9.17, 15) is 0 Å². The van der Waals surface area contributed by atoms with Crippen molar-refractivity contribution in [3.05, 3.63) is 15.0 Å². The van der Waals surface area contributed by atoms with Gasteiger partial charge >= 0.3 is 0 Å². The standard InChI is InChI=1S/C6H9BrN2S/c1-4(2-8)6-9-3-5(7)10-6/h3-4H,2,8H2,1H3. The molecule has 4 heteroatoms. The third-order valence-corrected chi connectivity index (χ3v) is 2.98. The zero-order chi connectivity index (χ0) is 7.56. The van der Waals surface area contributed by atoms with Gasteiger partial charge in [0.1, 0.15) is 0 Å². The van der Waals surface area contributed by atoms with E-state index in [2.05, 4.69) is 27.8 Å². The van der Waals surface area contributed by atoms with E-state index in [1.807, 2.05) is 6.20 Å². The Morgan fingerprint density at radius 2 is 2.60 bits per heavy atom. The number of hydrogen-bond donors (Lipinski definition) is 1. The Hall–Kier alpha value is 0.0700. The molecule has 0 aliphatic heterocycles. The smallest absolute Gasteiger partial charge is 0.0977 e. The summed E-state index contributed by atoms with van der Waals surface area (Å²) in [6, 6.07) is 0. The van der Waals surface area contributed by atoms with Crippen LogP contribution in [0.4, 0.5) is 0 Å². The number of nitrogens with two attached hydrogens (primary N) is 1. The Morgan fingerprint density at radius 3 is 3.00 bits per heavy atom. The second kappa shape index (κ2) is 3.46. The fourth-order valence-electron chi connectivity index (χ4n) is 0.596. The van der Waals surface area contributed by atoms with Crippen molar-refractivity contribution in [2.75, 3.05) is 6.54 Å². The third-order valence-electron chi connectivity index (χ3n) is 1.27. The minimum Gasteiger partial charge on any atom is -0.330 e. The zero-order valence-electron chi connectivity index (χ0n) is 5.67. The van der Waals surface area contributed by atoms with Gasteiger partial charge in [-0.25, -0.2) is 4.98 Å². The molecular weight excluding hydrogens is 212 g/mol. The Morgan fingerprint density at radius 1 is 1.90 bits per heavy atom. The van der Waals surface area contributed by atoms with Gasteiger partial charge in [0.25, 0.3) is 0 Å². The second-order valence-electron chi connectivity index (χ2n) is 2.14.